The summed E-state index contributed by atoms with van der Waals surface area (Å²) in [4.78, 5) is 5.61. The zero-order valence-corrected chi connectivity index (χ0v) is 15.5. The lowest BCUT2D eigenvalue weighted by Gasteiger charge is -2.11. The van der Waals surface area contributed by atoms with Gasteiger partial charge in [-0.15, -0.1) is 11.3 Å². The molecule has 3 heterocycles. The van der Waals surface area contributed by atoms with Crippen LogP contribution < -0.4 is 5.32 Å². The van der Waals surface area contributed by atoms with Crippen molar-refractivity contribution in [2.24, 2.45) is 7.05 Å². The molecule has 0 bridgehead atoms. The van der Waals surface area contributed by atoms with Gasteiger partial charge in [0.1, 0.15) is 14.7 Å². The standard InChI is InChI=1S/C15H20N4O2S2/c1-8-6-9(2)17-15-11(8)12-13(22-15)14(18-19(12)4)16-10(3)7-23(5,20)21/h6,10H,7H2,1-5H3,(H,16,18). The highest BCUT2D eigenvalue weighted by Gasteiger charge is 2.20. The third-order valence-corrected chi connectivity index (χ3v) is 5.87. The summed E-state index contributed by atoms with van der Waals surface area (Å²) in [6.45, 7) is 5.92. The Morgan fingerprint density at radius 3 is 2.74 bits per heavy atom. The molecule has 3 aromatic rings. The van der Waals surface area contributed by atoms with Crippen molar-refractivity contribution >= 4 is 47.4 Å². The number of aromatic nitrogens is 3. The molecule has 0 fully saturated rings. The van der Waals surface area contributed by atoms with Crippen molar-refractivity contribution < 1.29 is 8.42 Å². The summed E-state index contributed by atoms with van der Waals surface area (Å²) in [5, 5.41) is 8.88. The fraction of sp³-hybridized carbons (Fsp3) is 0.467. The van der Waals surface area contributed by atoms with Gasteiger partial charge >= 0.3 is 0 Å². The number of aryl methyl sites for hydroxylation is 3. The summed E-state index contributed by atoms with van der Waals surface area (Å²) in [5.41, 5.74) is 3.22. The first kappa shape index (κ1) is 16.2. The van der Waals surface area contributed by atoms with Gasteiger partial charge in [0.05, 0.1) is 16.0 Å². The van der Waals surface area contributed by atoms with Crippen molar-refractivity contribution in [1.29, 1.82) is 0 Å². The first-order valence-electron chi connectivity index (χ1n) is 7.33. The molecule has 8 heteroatoms. The van der Waals surface area contributed by atoms with E-state index < -0.39 is 9.84 Å². The number of anilines is 1. The maximum Gasteiger partial charge on any atom is 0.166 e. The summed E-state index contributed by atoms with van der Waals surface area (Å²) < 4.78 is 25.8. The average molecular weight is 352 g/mol. The van der Waals surface area contributed by atoms with Crippen LogP contribution in [-0.2, 0) is 16.9 Å². The molecule has 0 aliphatic heterocycles. The molecular weight excluding hydrogens is 332 g/mol. The molecule has 0 aliphatic carbocycles. The first-order valence-corrected chi connectivity index (χ1v) is 10.2. The Morgan fingerprint density at radius 2 is 2.09 bits per heavy atom. The Balaban J connectivity index is 2.11. The molecule has 23 heavy (non-hydrogen) atoms. The number of nitrogens with one attached hydrogen (secondary N) is 1. The van der Waals surface area contributed by atoms with E-state index in [0.717, 1.165) is 31.9 Å². The second-order valence-electron chi connectivity index (χ2n) is 6.15. The summed E-state index contributed by atoms with van der Waals surface area (Å²) in [6, 6.07) is 1.87. The highest BCUT2D eigenvalue weighted by molar-refractivity contribution is 7.90. The van der Waals surface area contributed by atoms with E-state index in [1.54, 1.807) is 11.3 Å². The van der Waals surface area contributed by atoms with E-state index in [2.05, 4.69) is 28.4 Å². The second kappa shape index (κ2) is 5.45. The molecule has 0 aliphatic rings. The summed E-state index contributed by atoms with van der Waals surface area (Å²) >= 11 is 1.59. The molecule has 1 atom stereocenters. The minimum Gasteiger partial charge on any atom is -0.364 e. The maximum absolute atomic E-state index is 11.5. The average Bonchev–Trinajstić information content (AvgIpc) is 2.86. The van der Waals surface area contributed by atoms with Gasteiger partial charge < -0.3 is 5.32 Å². The Kier molecular flexibility index (Phi) is 3.84. The smallest absolute Gasteiger partial charge is 0.166 e. The van der Waals surface area contributed by atoms with Crippen LogP contribution in [0.2, 0.25) is 0 Å². The van der Waals surface area contributed by atoms with E-state index in [0.29, 0.717) is 0 Å². The fourth-order valence-corrected chi connectivity index (χ4v) is 5.22. The fourth-order valence-electron chi connectivity index (χ4n) is 2.96. The van der Waals surface area contributed by atoms with Gasteiger partial charge in [-0.05, 0) is 32.4 Å². The number of hydrogen-bond donors (Lipinski definition) is 1. The van der Waals surface area contributed by atoms with Crippen LogP contribution in [0.3, 0.4) is 0 Å². The number of rotatable bonds is 4. The van der Waals surface area contributed by atoms with E-state index in [1.807, 2.05) is 25.6 Å². The van der Waals surface area contributed by atoms with Gasteiger partial charge in [-0.1, -0.05) is 0 Å². The highest BCUT2D eigenvalue weighted by atomic mass is 32.2. The van der Waals surface area contributed by atoms with Crippen LogP contribution in [0.5, 0.6) is 0 Å². The van der Waals surface area contributed by atoms with E-state index in [4.69, 9.17) is 0 Å². The zero-order valence-electron chi connectivity index (χ0n) is 13.8. The lowest BCUT2D eigenvalue weighted by Crippen LogP contribution is -2.25. The minimum atomic E-state index is -3.03. The van der Waals surface area contributed by atoms with Crippen LogP contribution in [-0.4, -0.2) is 41.2 Å². The van der Waals surface area contributed by atoms with Gasteiger partial charge in [0.15, 0.2) is 5.82 Å². The lowest BCUT2D eigenvalue weighted by atomic mass is 10.1. The van der Waals surface area contributed by atoms with Crippen LogP contribution in [0.4, 0.5) is 5.82 Å². The SMILES string of the molecule is Cc1cc(C)c2c(n1)sc1c(NC(C)CS(C)(=O)=O)nn(C)c12. The number of hydrogen-bond acceptors (Lipinski definition) is 6. The van der Waals surface area contributed by atoms with Gasteiger partial charge in [0, 0.05) is 30.4 Å². The molecule has 3 aromatic heterocycles. The second-order valence-corrected chi connectivity index (χ2v) is 9.33. The molecule has 0 spiro atoms. The van der Waals surface area contributed by atoms with Crippen LogP contribution >= 0.6 is 11.3 Å². The molecular formula is C15H20N4O2S2. The van der Waals surface area contributed by atoms with Gasteiger partial charge in [0.25, 0.3) is 0 Å². The molecule has 124 valence electrons. The highest BCUT2D eigenvalue weighted by Crippen LogP contribution is 2.38. The topological polar surface area (TPSA) is 76.9 Å². The Morgan fingerprint density at radius 1 is 1.39 bits per heavy atom. The van der Waals surface area contributed by atoms with Crippen LogP contribution in [0.25, 0.3) is 20.4 Å². The molecule has 0 saturated heterocycles. The normalized spacial score (nSPS) is 13.8. The van der Waals surface area contributed by atoms with Crippen LogP contribution in [0, 0.1) is 13.8 Å². The third-order valence-electron chi connectivity index (χ3n) is 3.69. The van der Waals surface area contributed by atoms with Gasteiger partial charge in [-0.25, -0.2) is 13.4 Å². The molecule has 0 aromatic carbocycles. The quantitative estimate of drug-likeness (QED) is 0.781. The van der Waals surface area contributed by atoms with E-state index in [1.165, 1.54) is 11.8 Å². The molecule has 0 amide bonds. The number of thiophene rings is 1. The number of fused-ring (bicyclic) bond motifs is 3. The Hall–Kier alpha value is -1.67. The maximum atomic E-state index is 11.5. The van der Waals surface area contributed by atoms with Crippen LogP contribution in [0.15, 0.2) is 6.07 Å². The van der Waals surface area contributed by atoms with Crippen molar-refractivity contribution in [1.82, 2.24) is 14.8 Å². The number of sulfone groups is 1. The third kappa shape index (κ3) is 3.05. The van der Waals surface area contributed by atoms with E-state index >= 15 is 0 Å². The lowest BCUT2D eigenvalue weighted by molar-refractivity contribution is 0.598. The van der Waals surface area contributed by atoms with Crippen molar-refractivity contribution in [3.05, 3.63) is 17.3 Å². The van der Waals surface area contributed by atoms with E-state index in [9.17, 15) is 8.42 Å². The number of nitrogens with zero attached hydrogens (tertiary/aromatic N) is 3. The number of pyridine rings is 1. The largest absolute Gasteiger partial charge is 0.364 e. The molecule has 0 saturated carbocycles. The first-order chi connectivity index (χ1) is 10.7. The monoisotopic (exact) mass is 352 g/mol. The van der Waals surface area contributed by atoms with Gasteiger partial charge in [0.2, 0.25) is 0 Å². The molecule has 6 nitrogen and oxygen atoms in total. The predicted octanol–water partition coefficient (Wildman–Crippen LogP) is 2.64. The van der Waals surface area contributed by atoms with Crippen molar-refractivity contribution in [3.8, 4) is 0 Å². The summed E-state index contributed by atoms with van der Waals surface area (Å²) in [7, 11) is -1.13. The summed E-state index contributed by atoms with van der Waals surface area (Å²) in [5.74, 6) is 0.797. The Bertz CT molecular complexity index is 1000. The van der Waals surface area contributed by atoms with Crippen molar-refractivity contribution in [2.45, 2.75) is 26.8 Å². The van der Waals surface area contributed by atoms with Crippen molar-refractivity contribution in [2.75, 3.05) is 17.3 Å². The van der Waals surface area contributed by atoms with Crippen LogP contribution in [0.1, 0.15) is 18.2 Å². The zero-order chi connectivity index (χ0) is 16.9. The Labute approximate surface area is 139 Å². The molecule has 1 N–H and O–H groups in total. The molecule has 0 radical (unpaired) electrons. The molecule has 3 rings (SSSR count). The predicted molar refractivity (Wildman–Crippen MR) is 96.2 cm³/mol. The van der Waals surface area contributed by atoms with E-state index in [-0.39, 0.29) is 11.8 Å². The van der Waals surface area contributed by atoms with Crippen molar-refractivity contribution in [3.63, 3.8) is 0 Å². The minimum absolute atomic E-state index is 0.0757. The summed E-state index contributed by atoms with van der Waals surface area (Å²) in [6.07, 6.45) is 1.24. The molecule has 1 unspecified atom stereocenters. The van der Waals surface area contributed by atoms with Gasteiger partial charge in [-0.3, -0.25) is 4.68 Å². The van der Waals surface area contributed by atoms with Gasteiger partial charge in [-0.2, -0.15) is 5.10 Å².